The first-order valence-corrected chi connectivity index (χ1v) is 10.5. The van der Waals surface area contributed by atoms with Crippen LogP contribution in [0.5, 0.6) is 0 Å². The fraction of sp³-hybridized carbons (Fsp3) is 0.545. The first-order valence-electron chi connectivity index (χ1n) is 10.5. The monoisotopic (exact) mass is 422 g/mol. The van der Waals surface area contributed by atoms with Crippen LogP contribution in [0.1, 0.15) is 50.5 Å². The molecule has 1 spiro atoms. The van der Waals surface area contributed by atoms with Crippen LogP contribution in [-0.4, -0.2) is 53.1 Å². The number of halogens is 3. The van der Waals surface area contributed by atoms with Crippen LogP contribution in [0, 0.1) is 17.5 Å². The summed E-state index contributed by atoms with van der Waals surface area (Å²) in [6.45, 7) is 1.55. The lowest BCUT2D eigenvalue weighted by Gasteiger charge is -2.36. The third kappa shape index (κ3) is 4.04. The van der Waals surface area contributed by atoms with Gasteiger partial charge in [-0.3, -0.25) is 4.79 Å². The van der Waals surface area contributed by atoms with Crippen LogP contribution >= 0.6 is 0 Å². The van der Waals surface area contributed by atoms with E-state index in [1.165, 1.54) is 6.42 Å². The molecule has 30 heavy (non-hydrogen) atoms. The smallest absolute Gasteiger partial charge is 0.410 e. The van der Waals surface area contributed by atoms with Gasteiger partial charge in [0.05, 0.1) is 6.54 Å². The van der Waals surface area contributed by atoms with E-state index in [0.29, 0.717) is 32.5 Å². The standard InChI is InChI=1S/C22H25F3N2O3/c23-17-6-4-15(19(24)20(17)25)5-7-18(28)26-12-8-16(9-13-26)27-14-22(30-21(27)29)10-2-1-3-11-22/h4-7,16H,1-3,8-14H2. The van der Waals surface area contributed by atoms with Gasteiger partial charge in [0.1, 0.15) is 5.60 Å². The van der Waals surface area contributed by atoms with Gasteiger partial charge in [-0.2, -0.15) is 0 Å². The van der Waals surface area contributed by atoms with Crippen molar-refractivity contribution in [3.05, 3.63) is 41.2 Å². The molecule has 0 radical (unpaired) electrons. The molecule has 4 rings (SSSR count). The zero-order chi connectivity index (χ0) is 21.3. The van der Waals surface area contributed by atoms with Gasteiger partial charge in [0.2, 0.25) is 5.91 Å². The van der Waals surface area contributed by atoms with Gasteiger partial charge in [0.25, 0.3) is 0 Å². The number of ether oxygens (including phenoxy) is 1. The number of amides is 2. The average Bonchev–Trinajstić information content (AvgIpc) is 3.07. The molecule has 1 aromatic carbocycles. The van der Waals surface area contributed by atoms with Crippen molar-refractivity contribution in [2.75, 3.05) is 19.6 Å². The minimum atomic E-state index is -1.56. The van der Waals surface area contributed by atoms with Gasteiger partial charge in [-0.05, 0) is 56.7 Å². The van der Waals surface area contributed by atoms with Crippen LogP contribution in [0.15, 0.2) is 18.2 Å². The summed E-state index contributed by atoms with van der Waals surface area (Å²) in [7, 11) is 0. The van der Waals surface area contributed by atoms with Crippen LogP contribution in [0.2, 0.25) is 0 Å². The molecular weight excluding hydrogens is 397 g/mol. The van der Waals surface area contributed by atoms with E-state index in [4.69, 9.17) is 4.74 Å². The molecule has 0 N–H and O–H groups in total. The molecule has 8 heteroatoms. The van der Waals surface area contributed by atoms with Gasteiger partial charge in [0.15, 0.2) is 17.5 Å². The Morgan fingerprint density at radius 3 is 2.47 bits per heavy atom. The number of rotatable bonds is 3. The summed E-state index contributed by atoms with van der Waals surface area (Å²) in [5, 5.41) is 0. The lowest BCUT2D eigenvalue weighted by molar-refractivity contribution is -0.127. The molecule has 3 fully saturated rings. The first-order chi connectivity index (χ1) is 14.4. The second kappa shape index (κ2) is 8.32. The summed E-state index contributed by atoms with van der Waals surface area (Å²) in [6, 6.07) is 1.95. The highest BCUT2D eigenvalue weighted by molar-refractivity contribution is 5.91. The summed E-state index contributed by atoms with van der Waals surface area (Å²) in [4.78, 5) is 28.3. The van der Waals surface area contributed by atoms with E-state index in [-0.39, 0.29) is 29.2 Å². The van der Waals surface area contributed by atoms with E-state index in [1.807, 2.05) is 4.90 Å². The Bertz CT molecular complexity index is 859. The van der Waals surface area contributed by atoms with Crippen molar-refractivity contribution in [2.45, 2.75) is 56.6 Å². The maximum absolute atomic E-state index is 13.7. The van der Waals surface area contributed by atoms with Crippen molar-refractivity contribution < 1.29 is 27.5 Å². The third-order valence-electron chi connectivity index (χ3n) is 6.45. The normalized spacial score (nSPS) is 22.2. The molecule has 5 nitrogen and oxygen atoms in total. The van der Waals surface area contributed by atoms with Gasteiger partial charge in [0, 0.05) is 30.8 Å². The Hall–Kier alpha value is -2.51. The topological polar surface area (TPSA) is 49.9 Å². The summed E-state index contributed by atoms with van der Waals surface area (Å²) in [5.74, 6) is -4.47. The Morgan fingerprint density at radius 1 is 1.07 bits per heavy atom. The van der Waals surface area contributed by atoms with Crippen LogP contribution in [0.4, 0.5) is 18.0 Å². The van der Waals surface area contributed by atoms with E-state index in [1.54, 1.807) is 4.90 Å². The second-order valence-corrected chi connectivity index (χ2v) is 8.39. The molecule has 2 amide bonds. The molecule has 1 aromatic rings. The Morgan fingerprint density at radius 2 is 1.77 bits per heavy atom. The average molecular weight is 422 g/mol. The van der Waals surface area contributed by atoms with Gasteiger partial charge in [-0.1, -0.05) is 6.42 Å². The van der Waals surface area contributed by atoms with Crippen molar-refractivity contribution in [1.29, 1.82) is 0 Å². The lowest BCUT2D eigenvalue weighted by atomic mass is 9.84. The van der Waals surface area contributed by atoms with Gasteiger partial charge in [-0.25, -0.2) is 18.0 Å². The molecule has 0 atom stereocenters. The van der Waals surface area contributed by atoms with E-state index in [2.05, 4.69) is 0 Å². The number of carbonyl (C=O) groups excluding carboxylic acids is 2. The number of hydrogen-bond acceptors (Lipinski definition) is 3. The predicted octanol–water partition coefficient (Wildman–Crippen LogP) is 4.26. The highest BCUT2D eigenvalue weighted by Gasteiger charge is 2.48. The summed E-state index contributed by atoms with van der Waals surface area (Å²) in [6.07, 6.45) is 8.52. The third-order valence-corrected chi connectivity index (χ3v) is 6.45. The maximum atomic E-state index is 13.7. The van der Waals surface area contributed by atoms with E-state index >= 15 is 0 Å². The SMILES string of the molecule is O=C(C=Cc1ccc(F)c(F)c1F)N1CCC(N2CC3(CCCCC3)OC2=O)CC1. The first kappa shape index (κ1) is 20.8. The molecule has 3 aliphatic rings. The summed E-state index contributed by atoms with van der Waals surface area (Å²) >= 11 is 0. The minimum absolute atomic E-state index is 0.0375. The minimum Gasteiger partial charge on any atom is -0.441 e. The number of carbonyl (C=O) groups is 2. The number of hydrogen-bond donors (Lipinski definition) is 0. The van der Waals surface area contributed by atoms with E-state index < -0.39 is 17.5 Å². The maximum Gasteiger partial charge on any atom is 0.410 e. The molecule has 1 saturated carbocycles. The highest BCUT2D eigenvalue weighted by atomic mass is 19.2. The molecule has 2 aliphatic heterocycles. The zero-order valence-electron chi connectivity index (χ0n) is 16.7. The number of piperidine rings is 1. The fourth-order valence-corrected chi connectivity index (χ4v) is 4.72. The molecule has 2 saturated heterocycles. The van der Waals surface area contributed by atoms with Gasteiger partial charge in [-0.15, -0.1) is 0 Å². The number of benzene rings is 1. The summed E-state index contributed by atoms with van der Waals surface area (Å²) in [5.41, 5.74) is -0.519. The van der Waals surface area contributed by atoms with Crippen molar-refractivity contribution in [3.8, 4) is 0 Å². The quantitative estimate of drug-likeness (QED) is 0.540. The van der Waals surface area contributed by atoms with Crippen LogP contribution in [0.25, 0.3) is 6.08 Å². The molecule has 2 heterocycles. The highest BCUT2D eigenvalue weighted by Crippen LogP contribution is 2.38. The summed E-state index contributed by atoms with van der Waals surface area (Å²) < 4.78 is 45.8. The molecule has 0 aromatic heterocycles. The molecule has 0 unspecified atom stereocenters. The second-order valence-electron chi connectivity index (χ2n) is 8.39. The number of likely N-dealkylation sites (tertiary alicyclic amines) is 1. The van der Waals surface area contributed by atoms with Crippen LogP contribution < -0.4 is 0 Å². The van der Waals surface area contributed by atoms with Gasteiger partial charge >= 0.3 is 6.09 Å². The van der Waals surface area contributed by atoms with Gasteiger partial charge < -0.3 is 14.5 Å². The number of nitrogens with zero attached hydrogens (tertiary/aromatic N) is 2. The van der Waals surface area contributed by atoms with Crippen molar-refractivity contribution in [1.82, 2.24) is 9.80 Å². The molecular formula is C22H25F3N2O3. The van der Waals surface area contributed by atoms with Crippen molar-refractivity contribution >= 4 is 18.1 Å². The molecule has 0 bridgehead atoms. The Balaban J connectivity index is 1.33. The van der Waals surface area contributed by atoms with E-state index in [9.17, 15) is 22.8 Å². The van der Waals surface area contributed by atoms with Crippen molar-refractivity contribution in [2.24, 2.45) is 0 Å². The zero-order valence-corrected chi connectivity index (χ0v) is 16.7. The Labute approximate surface area is 173 Å². The predicted molar refractivity (Wildman–Crippen MR) is 104 cm³/mol. The Kier molecular flexibility index (Phi) is 5.75. The molecule has 1 aliphatic carbocycles. The van der Waals surface area contributed by atoms with Crippen LogP contribution in [-0.2, 0) is 9.53 Å². The lowest BCUT2D eigenvalue weighted by Crippen LogP contribution is -2.47. The van der Waals surface area contributed by atoms with Crippen LogP contribution in [0.3, 0.4) is 0 Å². The fourth-order valence-electron chi connectivity index (χ4n) is 4.72. The van der Waals surface area contributed by atoms with E-state index in [0.717, 1.165) is 50.0 Å². The largest absolute Gasteiger partial charge is 0.441 e. The molecule has 162 valence electrons. The van der Waals surface area contributed by atoms with Crippen molar-refractivity contribution in [3.63, 3.8) is 0 Å².